The van der Waals surface area contributed by atoms with E-state index in [0.29, 0.717) is 0 Å². The molecule has 0 saturated carbocycles. The third-order valence-corrected chi connectivity index (χ3v) is 1.36. The molecule has 0 aromatic heterocycles. The van der Waals surface area contributed by atoms with E-state index in [1.165, 1.54) is 5.56 Å². The number of hydrogen-bond acceptors (Lipinski definition) is 1. The number of hydrogen-bond donors (Lipinski definition) is 2. The Labute approximate surface area is 60.2 Å². The van der Waals surface area contributed by atoms with Crippen LogP contribution in [0.4, 0.5) is 0 Å². The summed E-state index contributed by atoms with van der Waals surface area (Å²) in [7, 11) is 0. The summed E-state index contributed by atoms with van der Waals surface area (Å²) in [6.07, 6.45) is 0. The number of amidine groups is 1. The van der Waals surface area contributed by atoms with Crippen molar-refractivity contribution in [2.24, 2.45) is 5.73 Å². The Morgan fingerprint density at radius 3 is 2.20 bits per heavy atom. The summed E-state index contributed by atoms with van der Waals surface area (Å²) in [6, 6.07) is 7.57. The highest BCUT2D eigenvalue weighted by molar-refractivity contribution is 5.94. The molecule has 0 aliphatic carbocycles. The molecule has 0 aliphatic heterocycles. The van der Waals surface area contributed by atoms with E-state index in [0.717, 1.165) is 5.56 Å². The summed E-state index contributed by atoms with van der Waals surface area (Å²) in [5.41, 5.74) is 7.22. The Kier molecular flexibility index (Phi) is 1.71. The molecule has 0 heterocycles. The fraction of sp³-hybridized carbons (Fsp3) is 0.125. The maximum Gasteiger partial charge on any atom is 0.122 e. The van der Waals surface area contributed by atoms with Crippen LogP contribution in [-0.2, 0) is 0 Å². The molecule has 0 bridgehead atoms. The van der Waals surface area contributed by atoms with Gasteiger partial charge < -0.3 is 5.73 Å². The molecule has 52 valence electrons. The number of nitrogens with two attached hydrogens (primary N) is 1. The Morgan fingerprint density at radius 1 is 1.30 bits per heavy atom. The van der Waals surface area contributed by atoms with Gasteiger partial charge in [0.15, 0.2) is 0 Å². The van der Waals surface area contributed by atoms with Crippen LogP contribution in [-0.4, -0.2) is 5.84 Å². The molecule has 0 radical (unpaired) electrons. The first kappa shape index (κ1) is 6.81. The van der Waals surface area contributed by atoms with Crippen LogP contribution < -0.4 is 5.73 Å². The van der Waals surface area contributed by atoms with Gasteiger partial charge in [-0.1, -0.05) is 29.8 Å². The molecule has 10 heavy (non-hydrogen) atoms. The third kappa shape index (κ3) is 1.35. The zero-order chi connectivity index (χ0) is 7.56. The number of benzene rings is 1. The van der Waals surface area contributed by atoms with E-state index in [9.17, 15) is 0 Å². The lowest BCUT2D eigenvalue weighted by Crippen LogP contribution is -2.10. The Bertz CT molecular complexity index is 236. The van der Waals surface area contributed by atoms with Crippen LogP contribution in [0, 0.1) is 12.3 Å². The van der Waals surface area contributed by atoms with Gasteiger partial charge in [-0.2, -0.15) is 0 Å². The molecule has 0 atom stereocenters. The fourth-order valence-electron chi connectivity index (χ4n) is 0.733. The zero-order valence-corrected chi connectivity index (χ0v) is 5.89. The average Bonchev–Trinajstić information content (AvgIpc) is 1.88. The van der Waals surface area contributed by atoms with E-state index in [4.69, 9.17) is 11.1 Å². The monoisotopic (exact) mass is 134 g/mol. The topological polar surface area (TPSA) is 49.9 Å². The van der Waals surface area contributed by atoms with Gasteiger partial charge in [0.1, 0.15) is 5.84 Å². The van der Waals surface area contributed by atoms with Crippen LogP contribution in [0.15, 0.2) is 24.3 Å². The predicted molar refractivity (Wildman–Crippen MR) is 42.2 cm³/mol. The lowest BCUT2D eigenvalue weighted by molar-refractivity contribution is 1.40. The zero-order valence-electron chi connectivity index (χ0n) is 5.89. The van der Waals surface area contributed by atoms with Crippen molar-refractivity contribution >= 4 is 5.84 Å². The Morgan fingerprint density at radius 2 is 1.80 bits per heavy atom. The normalized spacial score (nSPS) is 9.30. The number of aryl methyl sites for hydroxylation is 1. The summed E-state index contributed by atoms with van der Waals surface area (Å²) in [4.78, 5) is 0. The maximum absolute atomic E-state index is 7.08. The summed E-state index contributed by atoms with van der Waals surface area (Å²) >= 11 is 0. The minimum absolute atomic E-state index is 0.125. The van der Waals surface area contributed by atoms with Gasteiger partial charge in [-0.05, 0) is 6.92 Å². The summed E-state index contributed by atoms with van der Waals surface area (Å²) in [5.74, 6) is 0.125. The van der Waals surface area contributed by atoms with Crippen molar-refractivity contribution in [3.8, 4) is 0 Å². The molecule has 0 fully saturated rings. The lowest BCUT2D eigenvalue weighted by Gasteiger charge is -1.96. The molecule has 0 spiro atoms. The molecule has 2 nitrogen and oxygen atoms in total. The van der Waals surface area contributed by atoms with Crippen LogP contribution in [0.3, 0.4) is 0 Å². The highest BCUT2D eigenvalue weighted by Gasteiger charge is 1.92. The maximum atomic E-state index is 7.08. The van der Waals surface area contributed by atoms with Crippen LogP contribution in [0.2, 0.25) is 0 Å². The average molecular weight is 134 g/mol. The largest absolute Gasteiger partial charge is 0.384 e. The van der Waals surface area contributed by atoms with Crippen molar-refractivity contribution in [1.82, 2.24) is 0 Å². The van der Waals surface area contributed by atoms with Crippen molar-refractivity contribution in [2.75, 3.05) is 0 Å². The molecular weight excluding hydrogens is 124 g/mol. The highest BCUT2D eigenvalue weighted by Crippen LogP contribution is 2.00. The molecule has 0 aliphatic rings. The number of rotatable bonds is 1. The van der Waals surface area contributed by atoms with Gasteiger partial charge in [-0.15, -0.1) is 0 Å². The van der Waals surface area contributed by atoms with Crippen LogP contribution in [0.25, 0.3) is 0 Å². The number of nitrogen functional groups attached to an aromatic ring is 1. The summed E-state index contributed by atoms with van der Waals surface area (Å²) in [5, 5.41) is 7.08. The molecule has 3 N–H and O–H groups in total. The van der Waals surface area contributed by atoms with Crippen molar-refractivity contribution in [3.63, 3.8) is 0 Å². The van der Waals surface area contributed by atoms with Gasteiger partial charge in [-0.25, -0.2) is 0 Å². The molecule has 0 saturated heterocycles. The molecular formula is C8H10N2. The smallest absolute Gasteiger partial charge is 0.122 e. The summed E-state index contributed by atoms with van der Waals surface area (Å²) in [6.45, 7) is 2.00. The summed E-state index contributed by atoms with van der Waals surface area (Å²) < 4.78 is 0. The Balaban J connectivity index is 3.00. The highest BCUT2D eigenvalue weighted by atomic mass is 14.7. The van der Waals surface area contributed by atoms with Crippen molar-refractivity contribution in [2.45, 2.75) is 6.92 Å². The van der Waals surface area contributed by atoms with Gasteiger partial charge in [0.25, 0.3) is 0 Å². The first-order valence-corrected chi connectivity index (χ1v) is 3.11. The minimum atomic E-state index is 0.125. The van der Waals surface area contributed by atoms with Crippen LogP contribution in [0.5, 0.6) is 0 Å². The van der Waals surface area contributed by atoms with E-state index >= 15 is 0 Å². The third-order valence-electron chi connectivity index (χ3n) is 1.36. The van der Waals surface area contributed by atoms with E-state index in [1.807, 2.05) is 31.2 Å². The Hall–Kier alpha value is -1.31. The number of nitrogens with one attached hydrogen (secondary N) is 1. The molecule has 0 amide bonds. The quantitative estimate of drug-likeness (QED) is 0.441. The molecule has 2 heteroatoms. The minimum Gasteiger partial charge on any atom is -0.384 e. The predicted octanol–water partition coefficient (Wildman–Crippen LogP) is 1.28. The van der Waals surface area contributed by atoms with Gasteiger partial charge in [0, 0.05) is 5.56 Å². The van der Waals surface area contributed by atoms with Gasteiger partial charge >= 0.3 is 0 Å². The standard InChI is InChI=1S/C8H10N2/c1-6-2-4-7(5-3-6)8(9)10/h2-5H,1H3,(H3,9,10). The van der Waals surface area contributed by atoms with Gasteiger partial charge in [-0.3, -0.25) is 5.41 Å². The van der Waals surface area contributed by atoms with Crippen molar-refractivity contribution in [1.29, 1.82) is 5.41 Å². The van der Waals surface area contributed by atoms with Crippen LogP contribution >= 0.6 is 0 Å². The van der Waals surface area contributed by atoms with Crippen molar-refractivity contribution in [3.05, 3.63) is 35.4 Å². The second kappa shape index (κ2) is 2.52. The molecule has 1 rings (SSSR count). The molecule has 0 unspecified atom stereocenters. The van der Waals surface area contributed by atoms with Crippen molar-refractivity contribution < 1.29 is 0 Å². The first-order valence-electron chi connectivity index (χ1n) is 3.11. The van der Waals surface area contributed by atoms with E-state index < -0.39 is 0 Å². The second-order valence-corrected chi connectivity index (χ2v) is 2.28. The molecule has 1 aromatic carbocycles. The second-order valence-electron chi connectivity index (χ2n) is 2.28. The SMILES string of the molecule is Cc1ccc(C(=N)N)cc1. The lowest BCUT2D eigenvalue weighted by atomic mass is 10.1. The van der Waals surface area contributed by atoms with E-state index in [-0.39, 0.29) is 5.84 Å². The fourth-order valence-corrected chi connectivity index (χ4v) is 0.733. The first-order chi connectivity index (χ1) is 4.70. The van der Waals surface area contributed by atoms with Gasteiger partial charge in [0.05, 0.1) is 0 Å². The van der Waals surface area contributed by atoms with E-state index in [1.54, 1.807) is 0 Å². The van der Waals surface area contributed by atoms with Crippen LogP contribution in [0.1, 0.15) is 11.1 Å². The molecule has 1 aromatic rings. The van der Waals surface area contributed by atoms with E-state index in [2.05, 4.69) is 0 Å². The van der Waals surface area contributed by atoms with Gasteiger partial charge in [0.2, 0.25) is 0 Å².